The molecule has 0 heterocycles. The molecule has 11 heteroatoms. The number of hydrogen-bond acceptors (Lipinski definition) is 8. The molecule has 0 aliphatic carbocycles. The van der Waals surface area contributed by atoms with Gasteiger partial charge < -0.3 is 24.0 Å². The SMILES string of the molecule is CC/C=C\C/C=C\CC(O)/C=C/C=C\C/C=C\C/C=C\CCC(=O)O[C@H](COC(=O)CCCCCCCCCCC/C=C\CCCCCCCC)COP(=O)(O)OCC[N+](C)(C)C. The van der Waals surface area contributed by atoms with E-state index < -0.39 is 38.6 Å². The molecule has 2 N–H and O–H groups in total. The van der Waals surface area contributed by atoms with Crippen LogP contribution in [0.2, 0.25) is 0 Å². The second-order valence-electron chi connectivity index (χ2n) is 17.3. The van der Waals surface area contributed by atoms with Gasteiger partial charge in [-0.1, -0.05) is 176 Å². The molecule has 362 valence electrons. The first-order chi connectivity index (χ1) is 30.4. The van der Waals surface area contributed by atoms with E-state index in [0.717, 1.165) is 38.5 Å². The molecular weight excluding hydrogens is 814 g/mol. The van der Waals surface area contributed by atoms with Crippen LogP contribution in [0.3, 0.4) is 0 Å². The maximum Gasteiger partial charge on any atom is 0.472 e. The Morgan fingerprint density at radius 2 is 1.13 bits per heavy atom. The number of quaternary nitrogens is 1. The van der Waals surface area contributed by atoms with Crippen molar-refractivity contribution in [2.45, 2.75) is 187 Å². The number of unbranched alkanes of at least 4 members (excludes halogenated alkanes) is 15. The lowest BCUT2D eigenvalue weighted by molar-refractivity contribution is -0.870. The fourth-order valence-corrected chi connectivity index (χ4v) is 6.92. The Hall–Kier alpha value is -2.85. The summed E-state index contributed by atoms with van der Waals surface area (Å²) < 4.78 is 34.3. The molecule has 0 aliphatic rings. The molecule has 0 aromatic carbocycles. The minimum atomic E-state index is -4.42. The van der Waals surface area contributed by atoms with Gasteiger partial charge in [0.05, 0.1) is 33.9 Å². The number of rotatable bonds is 43. The van der Waals surface area contributed by atoms with Crippen molar-refractivity contribution in [2.24, 2.45) is 0 Å². The highest BCUT2D eigenvalue weighted by Crippen LogP contribution is 2.43. The van der Waals surface area contributed by atoms with Gasteiger partial charge in [-0.15, -0.1) is 0 Å². The smallest absolute Gasteiger partial charge is 0.462 e. The van der Waals surface area contributed by atoms with Gasteiger partial charge >= 0.3 is 19.8 Å². The van der Waals surface area contributed by atoms with Crippen molar-refractivity contribution < 1.29 is 47.2 Å². The summed E-state index contributed by atoms with van der Waals surface area (Å²) in [6.07, 6.45) is 52.5. The van der Waals surface area contributed by atoms with E-state index in [4.69, 9.17) is 18.5 Å². The lowest BCUT2D eigenvalue weighted by Crippen LogP contribution is -2.37. The molecule has 3 atom stereocenters. The van der Waals surface area contributed by atoms with Crippen LogP contribution in [-0.2, 0) is 32.7 Å². The molecule has 0 saturated heterocycles. The van der Waals surface area contributed by atoms with Gasteiger partial charge in [-0.05, 0) is 70.6 Å². The first-order valence-corrected chi connectivity index (χ1v) is 25.9. The van der Waals surface area contributed by atoms with Crippen LogP contribution in [0, 0.1) is 0 Å². The lowest BCUT2D eigenvalue weighted by atomic mass is 10.1. The number of hydrogen-bond donors (Lipinski definition) is 2. The molecule has 0 spiro atoms. The van der Waals surface area contributed by atoms with Crippen LogP contribution < -0.4 is 0 Å². The average molecular weight is 905 g/mol. The highest BCUT2D eigenvalue weighted by atomic mass is 31.2. The summed E-state index contributed by atoms with van der Waals surface area (Å²) in [6.45, 7) is 4.13. The van der Waals surface area contributed by atoms with Crippen molar-refractivity contribution in [1.29, 1.82) is 0 Å². The number of carbonyl (C=O) groups is 2. The number of aliphatic hydroxyl groups is 1. The van der Waals surface area contributed by atoms with Crippen LogP contribution >= 0.6 is 7.82 Å². The molecule has 0 radical (unpaired) electrons. The van der Waals surface area contributed by atoms with Crippen LogP contribution in [-0.4, -0.2) is 86.1 Å². The van der Waals surface area contributed by atoms with Crippen LogP contribution in [0.1, 0.15) is 174 Å². The van der Waals surface area contributed by atoms with Gasteiger partial charge in [0.15, 0.2) is 6.10 Å². The van der Waals surface area contributed by atoms with Crippen LogP contribution in [0.5, 0.6) is 0 Å². The summed E-state index contributed by atoms with van der Waals surface area (Å²) in [5.74, 6) is -0.933. The Balaban J connectivity index is 4.47. The van der Waals surface area contributed by atoms with Crippen molar-refractivity contribution in [3.63, 3.8) is 0 Å². The van der Waals surface area contributed by atoms with Crippen molar-refractivity contribution >= 4 is 19.8 Å². The van der Waals surface area contributed by atoms with Gasteiger partial charge in [0.25, 0.3) is 0 Å². The molecule has 0 saturated carbocycles. The third kappa shape index (κ3) is 46.9. The van der Waals surface area contributed by atoms with Crippen LogP contribution in [0.4, 0.5) is 0 Å². The molecule has 0 rings (SSSR count). The Morgan fingerprint density at radius 1 is 0.587 bits per heavy atom. The van der Waals surface area contributed by atoms with Crippen molar-refractivity contribution in [3.8, 4) is 0 Å². The van der Waals surface area contributed by atoms with E-state index in [2.05, 4.69) is 44.2 Å². The number of allylic oxidation sites excluding steroid dienone is 12. The topological polar surface area (TPSA) is 129 Å². The monoisotopic (exact) mass is 905 g/mol. The Morgan fingerprint density at radius 3 is 1.75 bits per heavy atom. The average Bonchev–Trinajstić information content (AvgIpc) is 3.23. The van der Waals surface area contributed by atoms with Crippen molar-refractivity contribution in [1.82, 2.24) is 0 Å². The largest absolute Gasteiger partial charge is 0.472 e. The van der Waals surface area contributed by atoms with Gasteiger partial charge in [0.1, 0.15) is 19.8 Å². The fraction of sp³-hybridized carbons (Fsp3) is 0.692. The quantitative estimate of drug-likeness (QED) is 0.0153. The first kappa shape index (κ1) is 60.2. The number of phosphoric acid groups is 1. The van der Waals surface area contributed by atoms with E-state index in [1.54, 1.807) is 6.08 Å². The number of nitrogens with zero attached hydrogens (tertiary/aromatic N) is 1. The van der Waals surface area contributed by atoms with E-state index in [1.165, 1.54) is 83.5 Å². The van der Waals surface area contributed by atoms with Gasteiger partial charge in [0, 0.05) is 12.8 Å². The molecule has 10 nitrogen and oxygen atoms in total. The van der Waals surface area contributed by atoms with Crippen LogP contribution in [0.25, 0.3) is 0 Å². The first-order valence-electron chi connectivity index (χ1n) is 24.4. The minimum Gasteiger partial charge on any atom is -0.462 e. The number of ether oxygens (including phenoxy) is 2. The molecular formula is C52H91NO9P+. The Bertz CT molecular complexity index is 1360. The van der Waals surface area contributed by atoms with E-state index in [1.807, 2.05) is 69.8 Å². The second kappa shape index (κ2) is 43.1. The Kier molecular flexibility index (Phi) is 41.1. The van der Waals surface area contributed by atoms with Gasteiger partial charge in [-0.3, -0.25) is 18.6 Å². The Labute approximate surface area is 384 Å². The zero-order valence-corrected chi connectivity index (χ0v) is 41.3. The summed E-state index contributed by atoms with van der Waals surface area (Å²) in [5, 5.41) is 10.0. The maximum atomic E-state index is 12.7. The van der Waals surface area contributed by atoms with E-state index in [-0.39, 0.29) is 26.1 Å². The number of carbonyl (C=O) groups excluding carboxylic acids is 2. The summed E-state index contributed by atoms with van der Waals surface area (Å²) in [6, 6.07) is 0. The lowest BCUT2D eigenvalue weighted by Gasteiger charge is -2.24. The molecule has 0 aromatic heterocycles. The second-order valence-corrected chi connectivity index (χ2v) is 18.8. The predicted molar refractivity (Wildman–Crippen MR) is 262 cm³/mol. The van der Waals surface area contributed by atoms with Gasteiger partial charge in [-0.25, -0.2) is 4.57 Å². The molecule has 0 fully saturated rings. The summed E-state index contributed by atoms with van der Waals surface area (Å²) >= 11 is 0. The molecule has 0 aliphatic heterocycles. The van der Waals surface area contributed by atoms with E-state index in [9.17, 15) is 24.2 Å². The number of phosphoric ester groups is 1. The summed E-state index contributed by atoms with van der Waals surface area (Å²) in [4.78, 5) is 35.5. The fourth-order valence-electron chi connectivity index (χ4n) is 6.18. The number of likely N-dealkylation sites (N-methyl/N-ethyl adjacent to an activating group) is 1. The predicted octanol–water partition coefficient (Wildman–Crippen LogP) is 13.3. The zero-order valence-electron chi connectivity index (χ0n) is 40.4. The summed E-state index contributed by atoms with van der Waals surface area (Å²) in [7, 11) is 1.39. The molecule has 0 aromatic rings. The van der Waals surface area contributed by atoms with Crippen molar-refractivity contribution in [3.05, 3.63) is 85.1 Å². The molecule has 0 bridgehead atoms. The van der Waals surface area contributed by atoms with Gasteiger partial charge in [0.2, 0.25) is 0 Å². The maximum absolute atomic E-state index is 12.7. The highest BCUT2D eigenvalue weighted by Gasteiger charge is 2.27. The highest BCUT2D eigenvalue weighted by molar-refractivity contribution is 7.47. The third-order valence-corrected chi connectivity index (χ3v) is 11.0. The standard InChI is InChI=1S/C52H90NO9P/c1-6-8-10-12-14-15-16-17-18-19-20-21-22-23-24-28-31-35-39-43-51(55)59-47-50(48-61-63(57,58)60-46-45-53(3,4)5)62-52(56)44-40-36-32-29-26-25-27-30-34-38-42-49(54)41-37-33-13-11-9-7-2/h9,11,17-18,25-26,30,32-34,36-38,42,49-50,54H,6-8,10,12-16,19-24,27-29,31,35,39-41,43-48H2,1-5H3/p+1/b11-9-,18-17-,26-25-,34-30-,36-32-,37-33-,42-38+/t49?,50-/m1/s1. The third-order valence-electron chi connectivity index (χ3n) is 10.0. The van der Waals surface area contributed by atoms with Gasteiger partial charge in [-0.2, -0.15) is 0 Å². The van der Waals surface area contributed by atoms with Crippen LogP contribution in [0.15, 0.2) is 85.1 Å². The molecule has 63 heavy (non-hydrogen) atoms. The van der Waals surface area contributed by atoms with E-state index >= 15 is 0 Å². The normalized spacial score (nSPS) is 14.7. The zero-order chi connectivity index (χ0) is 46.5. The molecule has 2 unspecified atom stereocenters. The summed E-state index contributed by atoms with van der Waals surface area (Å²) in [5.41, 5.74) is 0. The number of aliphatic hydroxyl groups excluding tert-OH is 1. The minimum absolute atomic E-state index is 0.00465. The van der Waals surface area contributed by atoms with E-state index in [0.29, 0.717) is 36.7 Å². The number of esters is 2. The molecule has 0 amide bonds. The van der Waals surface area contributed by atoms with Crippen molar-refractivity contribution in [2.75, 3.05) is 47.5 Å².